The summed E-state index contributed by atoms with van der Waals surface area (Å²) in [4.78, 5) is 10.9. The summed E-state index contributed by atoms with van der Waals surface area (Å²) in [6, 6.07) is 7.01. The van der Waals surface area contributed by atoms with Gasteiger partial charge in [0.2, 0.25) is 0 Å². The summed E-state index contributed by atoms with van der Waals surface area (Å²) in [5.74, 6) is -2.91. The number of aliphatic hydroxyl groups excluding tert-OH is 1. The number of halogens is 3. The Labute approximate surface area is 134 Å². The van der Waals surface area contributed by atoms with Crippen molar-refractivity contribution >= 4 is 26.9 Å². The molecule has 6 nitrogen and oxygen atoms in total. The third-order valence-corrected chi connectivity index (χ3v) is 4.17. The number of aliphatic hydroxyl groups is 1. The van der Waals surface area contributed by atoms with Gasteiger partial charge in [0.05, 0.1) is 5.97 Å². The molecule has 0 bridgehead atoms. The Balaban J connectivity index is 2.82. The molecule has 0 spiro atoms. The lowest BCUT2D eigenvalue weighted by Crippen LogP contribution is -2.32. The van der Waals surface area contributed by atoms with Crippen molar-refractivity contribution in [2.45, 2.75) is 18.5 Å². The second-order valence-corrected chi connectivity index (χ2v) is 6.40. The smallest absolute Gasteiger partial charge is 0.534 e. The Morgan fingerprint density at radius 3 is 2.42 bits per heavy atom. The van der Waals surface area contributed by atoms with Crippen LogP contribution in [0.2, 0.25) is 0 Å². The minimum Gasteiger partial charge on any atom is -0.547 e. The summed E-state index contributed by atoms with van der Waals surface area (Å²) in [6.45, 7) is 1.29. The Bertz CT molecular complexity index is 905. The molecule has 0 saturated carbocycles. The van der Waals surface area contributed by atoms with Crippen LogP contribution < -0.4 is 9.29 Å². The normalized spacial score (nSPS) is 13.7. The highest BCUT2D eigenvalue weighted by atomic mass is 32.2. The lowest BCUT2D eigenvalue weighted by molar-refractivity contribution is -0.315. The molecule has 0 aromatic heterocycles. The van der Waals surface area contributed by atoms with Gasteiger partial charge < -0.3 is 19.2 Å². The van der Waals surface area contributed by atoms with Gasteiger partial charge in [-0.1, -0.05) is 30.3 Å². The van der Waals surface area contributed by atoms with Crippen molar-refractivity contribution in [3.8, 4) is 5.75 Å². The first-order valence-corrected chi connectivity index (χ1v) is 7.78. The molecular formula is C14H10F3O6S-. The van der Waals surface area contributed by atoms with E-state index in [2.05, 4.69) is 4.18 Å². The molecule has 24 heavy (non-hydrogen) atoms. The van der Waals surface area contributed by atoms with Crippen LogP contribution in [0.1, 0.15) is 17.2 Å². The van der Waals surface area contributed by atoms with E-state index in [0.29, 0.717) is 5.39 Å². The van der Waals surface area contributed by atoms with Crippen LogP contribution in [0.25, 0.3) is 10.8 Å². The fourth-order valence-electron chi connectivity index (χ4n) is 2.17. The molecule has 1 atom stereocenters. The number of carbonyl (C=O) groups is 1. The van der Waals surface area contributed by atoms with Crippen LogP contribution in [-0.4, -0.2) is 25.0 Å². The maximum Gasteiger partial charge on any atom is 0.534 e. The zero-order valence-electron chi connectivity index (χ0n) is 12.0. The molecular weight excluding hydrogens is 353 g/mol. The standard InChI is InChI=1S/C14H11F3O6S/c1-7-6-8-4-2-3-5-9(8)12(10(7)11(18)13(19)20)23-24(21,22)14(15,16)17/h2-6,11,18H,1H3,(H,19,20)/p-1. The van der Waals surface area contributed by atoms with E-state index in [1.165, 1.54) is 31.2 Å². The van der Waals surface area contributed by atoms with Crippen molar-refractivity contribution < 1.29 is 40.8 Å². The lowest BCUT2D eigenvalue weighted by atomic mass is 9.96. The molecule has 2 aromatic carbocycles. The topological polar surface area (TPSA) is 104 Å². The van der Waals surface area contributed by atoms with Crippen LogP contribution in [0, 0.1) is 6.92 Å². The van der Waals surface area contributed by atoms with Crippen molar-refractivity contribution in [1.82, 2.24) is 0 Å². The molecule has 1 unspecified atom stereocenters. The maximum absolute atomic E-state index is 12.6. The number of carboxylic acid groups (broad SMARTS) is 1. The third-order valence-electron chi connectivity index (χ3n) is 3.22. The SMILES string of the molecule is Cc1cc2ccccc2c(OS(=O)(=O)C(F)(F)F)c1C(O)C(=O)[O-]. The van der Waals surface area contributed by atoms with Gasteiger partial charge in [-0.05, 0) is 17.9 Å². The number of aryl methyl sites for hydroxylation is 1. The molecule has 2 aromatic rings. The second-order valence-electron chi connectivity index (χ2n) is 4.86. The summed E-state index contributed by atoms with van der Waals surface area (Å²) < 4.78 is 64.6. The zero-order chi connectivity index (χ0) is 18.3. The monoisotopic (exact) mass is 363 g/mol. The summed E-state index contributed by atoms with van der Waals surface area (Å²) in [5, 5.41) is 20.8. The number of hydrogen-bond acceptors (Lipinski definition) is 6. The number of carboxylic acids is 1. The van der Waals surface area contributed by atoms with Gasteiger partial charge in [0.1, 0.15) is 6.10 Å². The Kier molecular flexibility index (Phi) is 4.46. The van der Waals surface area contributed by atoms with Gasteiger partial charge in [0.25, 0.3) is 0 Å². The van der Waals surface area contributed by atoms with Crippen LogP contribution in [0.15, 0.2) is 30.3 Å². The quantitative estimate of drug-likeness (QED) is 0.646. The highest BCUT2D eigenvalue weighted by molar-refractivity contribution is 7.88. The fourth-order valence-corrected chi connectivity index (χ4v) is 2.66. The first kappa shape index (κ1) is 18.0. The number of alkyl halides is 3. The van der Waals surface area contributed by atoms with E-state index in [0.717, 1.165) is 0 Å². The Morgan fingerprint density at radius 2 is 1.88 bits per heavy atom. The zero-order valence-corrected chi connectivity index (χ0v) is 12.8. The number of rotatable bonds is 4. The minimum absolute atomic E-state index is 0.0257. The first-order valence-electron chi connectivity index (χ1n) is 6.37. The molecule has 2 rings (SSSR count). The fraction of sp³-hybridized carbons (Fsp3) is 0.214. The van der Waals surface area contributed by atoms with E-state index in [1.54, 1.807) is 6.07 Å². The van der Waals surface area contributed by atoms with Gasteiger partial charge >= 0.3 is 15.6 Å². The van der Waals surface area contributed by atoms with E-state index in [1.807, 2.05) is 0 Å². The van der Waals surface area contributed by atoms with E-state index < -0.39 is 39.0 Å². The average molecular weight is 363 g/mol. The first-order chi connectivity index (χ1) is 11.0. The van der Waals surface area contributed by atoms with Crippen molar-refractivity contribution in [2.75, 3.05) is 0 Å². The number of aliphatic carboxylic acids is 1. The minimum atomic E-state index is -6.07. The molecule has 0 aliphatic rings. The Morgan fingerprint density at radius 1 is 1.29 bits per heavy atom. The maximum atomic E-state index is 12.6. The third kappa shape index (κ3) is 3.15. The van der Waals surface area contributed by atoms with Gasteiger partial charge in [-0.2, -0.15) is 21.6 Å². The number of benzene rings is 2. The molecule has 0 amide bonds. The molecule has 0 heterocycles. The predicted octanol–water partition coefficient (Wildman–Crippen LogP) is 1.16. The molecule has 10 heteroatoms. The highest BCUT2D eigenvalue weighted by Gasteiger charge is 2.49. The molecule has 1 N–H and O–H groups in total. The van der Waals surface area contributed by atoms with Crippen LogP contribution >= 0.6 is 0 Å². The van der Waals surface area contributed by atoms with Crippen LogP contribution in [-0.2, 0) is 14.9 Å². The lowest BCUT2D eigenvalue weighted by Gasteiger charge is -2.21. The summed E-state index contributed by atoms with van der Waals surface area (Å²) >= 11 is 0. The molecule has 0 fully saturated rings. The second kappa shape index (κ2) is 5.95. The number of carbonyl (C=O) groups excluding carboxylic acids is 1. The average Bonchev–Trinajstić information content (AvgIpc) is 2.45. The van der Waals surface area contributed by atoms with Gasteiger partial charge in [0, 0.05) is 10.9 Å². The van der Waals surface area contributed by atoms with E-state index >= 15 is 0 Å². The summed E-state index contributed by atoms with van der Waals surface area (Å²) in [6.07, 6.45) is -2.37. The van der Waals surface area contributed by atoms with Crippen molar-refractivity contribution in [1.29, 1.82) is 0 Å². The van der Waals surface area contributed by atoms with Crippen molar-refractivity contribution in [2.24, 2.45) is 0 Å². The predicted molar refractivity (Wildman–Crippen MR) is 74.3 cm³/mol. The largest absolute Gasteiger partial charge is 0.547 e. The van der Waals surface area contributed by atoms with Gasteiger partial charge in [-0.3, -0.25) is 0 Å². The van der Waals surface area contributed by atoms with Crippen molar-refractivity contribution in [3.63, 3.8) is 0 Å². The van der Waals surface area contributed by atoms with Gasteiger partial charge in [0.15, 0.2) is 5.75 Å². The summed E-state index contributed by atoms with van der Waals surface area (Å²) in [5.41, 5.74) is -6.32. The van der Waals surface area contributed by atoms with Gasteiger partial charge in [-0.15, -0.1) is 0 Å². The van der Waals surface area contributed by atoms with Crippen LogP contribution in [0.5, 0.6) is 5.75 Å². The molecule has 130 valence electrons. The van der Waals surface area contributed by atoms with E-state index in [-0.39, 0.29) is 10.9 Å². The molecule has 0 aliphatic heterocycles. The van der Waals surface area contributed by atoms with E-state index in [9.17, 15) is 36.6 Å². The van der Waals surface area contributed by atoms with Crippen molar-refractivity contribution in [3.05, 3.63) is 41.5 Å². The molecule has 0 aliphatic carbocycles. The van der Waals surface area contributed by atoms with Gasteiger partial charge in [-0.25, -0.2) is 0 Å². The Hall–Kier alpha value is -2.33. The number of fused-ring (bicyclic) bond motifs is 1. The van der Waals surface area contributed by atoms with E-state index in [4.69, 9.17) is 0 Å². The van der Waals surface area contributed by atoms with Crippen LogP contribution in [0.3, 0.4) is 0 Å². The number of hydrogen-bond donors (Lipinski definition) is 1. The summed E-state index contributed by atoms with van der Waals surface area (Å²) in [7, 11) is -6.07. The highest BCUT2D eigenvalue weighted by Crippen LogP contribution is 2.39. The van der Waals surface area contributed by atoms with Crippen LogP contribution in [0.4, 0.5) is 13.2 Å². The molecule has 0 saturated heterocycles. The molecule has 0 radical (unpaired) electrons.